The fourth-order valence-corrected chi connectivity index (χ4v) is 7.91. The number of fused-ring (bicyclic) bond motifs is 6. The molecule has 0 amide bonds. The van der Waals surface area contributed by atoms with Crippen LogP contribution in [0.1, 0.15) is 125 Å². The molecule has 1 aromatic rings. The zero-order chi connectivity index (χ0) is 33.3. The summed E-state index contributed by atoms with van der Waals surface area (Å²) in [5.74, 6) is 2.24. The van der Waals surface area contributed by atoms with Crippen molar-refractivity contribution in [3.05, 3.63) is 108 Å². The van der Waals surface area contributed by atoms with Gasteiger partial charge in [-0.1, -0.05) is 140 Å². The molecule has 256 valence electrons. The molecule has 0 nitrogen and oxygen atoms in total. The van der Waals surface area contributed by atoms with Crippen LogP contribution >= 0.6 is 24.8 Å². The summed E-state index contributed by atoms with van der Waals surface area (Å²) < 4.78 is 0. The van der Waals surface area contributed by atoms with Crippen molar-refractivity contribution in [3.8, 4) is 0 Å². The van der Waals surface area contributed by atoms with Gasteiger partial charge in [0.15, 0.2) is 0 Å². The predicted molar refractivity (Wildman–Crippen MR) is 207 cm³/mol. The Morgan fingerprint density at radius 3 is 1.96 bits per heavy atom. The number of allylic oxidation sites excluding steroid dienone is 10. The number of unbranched alkanes of at least 4 members (excludes halogenated alkanes) is 2. The Balaban J connectivity index is 0.00000100. The van der Waals surface area contributed by atoms with Crippen molar-refractivity contribution in [2.75, 3.05) is 0 Å². The molecule has 0 heterocycles. The first-order valence-corrected chi connectivity index (χ1v) is 21.1. The topological polar surface area (TPSA) is 0 Å². The third-order valence-electron chi connectivity index (χ3n) is 12.1. The van der Waals surface area contributed by atoms with Crippen LogP contribution in [0.15, 0.2) is 71.4 Å². The molecule has 0 aliphatic heterocycles. The van der Waals surface area contributed by atoms with Gasteiger partial charge in [-0.25, -0.2) is 18.1 Å². The maximum atomic E-state index is 3.60. The minimum absolute atomic E-state index is 0. The summed E-state index contributed by atoms with van der Waals surface area (Å²) in [7, 11) is 0. The number of rotatable bonds is 2. The van der Waals surface area contributed by atoms with Gasteiger partial charge in [-0.3, -0.25) is 6.08 Å². The van der Waals surface area contributed by atoms with Crippen LogP contribution in [0.5, 0.6) is 0 Å². The fraction of sp³-hybridized carbons (Fsp3) is 0.548. The zero-order valence-corrected chi connectivity index (χ0v) is 35.8. The average molecular weight is 757 g/mol. The van der Waals surface area contributed by atoms with Crippen molar-refractivity contribution in [1.29, 1.82) is 0 Å². The van der Waals surface area contributed by atoms with Crippen LogP contribution in [0.2, 0.25) is 0 Å². The first kappa shape index (κ1) is 45.5. The summed E-state index contributed by atoms with van der Waals surface area (Å²) in [6.07, 6.45) is 23.1. The Morgan fingerprint density at radius 2 is 1.48 bits per heavy atom. The van der Waals surface area contributed by atoms with Crippen LogP contribution in [0, 0.1) is 53.4 Å². The van der Waals surface area contributed by atoms with E-state index in [4.69, 9.17) is 0 Å². The van der Waals surface area contributed by atoms with E-state index in [0.29, 0.717) is 5.92 Å². The van der Waals surface area contributed by atoms with Crippen molar-refractivity contribution in [1.82, 2.24) is 0 Å². The zero-order valence-electron chi connectivity index (χ0n) is 30.7. The third kappa shape index (κ3) is 8.25. The number of halogens is 2. The average Bonchev–Trinajstić information content (AvgIpc) is 3.74. The first-order chi connectivity index (χ1) is 20.8. The Bertz CT molecular complexity index is 1240. The molecule has 6 rings (SSSR count). The van der Waals surface area contributed by atoms with E-state index in [0.717, 1.165) is 25.7 Å². The van der Waals surface area contributed by atoms with E-state index in [2.05, 4.69) is 139 Å². The Kier molecular flexibility index (Phi) is 19.4. The second-order valence-corrected chi connectivity index (χ2v) is 14.5. The quantitative estimate of drug-likeness (QED) is 0.208. The van der Waals surface area contributed by atoms with Gasteiger partial charge in [0.1, 0.15) is 0 Å². The molecule has 1 saturated carbocycles. The van der Waals surface area contributed by atoms with Gasteiger partial charge in [-0.05, 0) is 40.6 Å². The fourth-order valence-electron chi connectivity index (χ4n) is 7.91. The van der Waals surface area contributed by atoms with Crippen LogP contribution in [0.4, 0.5) is 0 Å². The monoisotopic (exact) mass is 754 g/mol. The Labute approximate surface area is 314 Å². The molecule has 2 unspecified atom stereocenters. The van der Waals surface area contributed by atoms with Gasteiger partial charge >= 0.3 is 30.2 Å². The van der Waals surface area contributed by atoms with Gasteiger partial charge in [0.25, 0.3) is 0 Å². The van der Waals surface area contributed by atoms with Crippen molar-refractivity contribution in [3.63, 3.8) is 0 Å². The summed E-state index contributed by atoms with van der Waals surface area (Å²) in [6.45, 7) is 34.8. The van der Waals surface area contributed by atoms with Gasteiger partial charge in [-0.15, -0.1) is 38.2 Å². The molecule has 46 heavy (non-hydrogen) atoms. The molecule has 2 atom stereocenters. The van der Waals surface area contributed by atoms with Crippen molar-refractivity contribution >= 4 is 37.3 Å². The number of benzene rings is 1. The molecular formula is C42H62Cl2SiZr-4. The molecule has 1 aromatic carbocycles. The Hall–Kier alpha value is -0.530. The molecule has 5 aliphatic rings. The summed E-state index contributed by atoms with van der Waals surface area (Å²) >= 11 is 1.36. The van der Waals surface area contributed by atoms with Crippen molar-refractivity contribution < 1.29 is 23.3 Å². The van der Waals surface area contributed by atoms with E-state index in [1.807, 2.05) is 12.2 Å². The van der Waals surface area contributed by atoms with Crippen LogP contribution in [-0.2, 0) is 29.8 Å². The van der Waals surface area contributed by atoms with E-state index in [-0.39, 0.29) is 46.5 Å². The van der Waals surface area contributed by atoms with E-state index >= 15 is 0 Å². The molecule has 0 N–H and O–H groups in total. The molecule has 0 aromatic heterocycles. The maximum absolute atomic E-state index is 3.60. The van der Waals surface area contributed by atoms with Gasteiger partial charge in [0.05, 0.1) is 0 Å². The van der Waals surface area contributed by atoms with E-state index in [1.165, 1.54) is 60.1 Å². The number of hydrogen-bond donors (Lipinski definition) is 0. The van der Waals surface area contributed by atoms with Gasteiger partial charge < -0.3 is 13.8 Å². The second kappa shape index (κ2) is 19.6. The van der Waals surface area contributed by atoms with Crippen molar-refractivity contribution in [2.24, 2.45) is 27.6 Å². The molecule has 0 bridgehead atoms. The molecular weight excluding hydrogens is 695 g/mol. The molecule has 1 fully saturated rings. The van der Waals surface area contributed by atoms with E-state index in [1.54, 1.807) is 28.2 Å². The standard InChI is InChI=1S/C29H37.C5H5.2C4H9.2ClH.Si.Zr/c1-18-25-22-17-19-13-9-10-14-20(19)24(22)21-15-11-12-16-23(21)29(25,8)28(6,7)27(4,5)26(18,2)3;1-2-4-5-3-1;2*1-3-4-2;;;;/h9-11,13-15,23H,12,16-17H2,1-8H3;1-3H,4H2;2*1,3-4H2,2H3;2*1H;;/q4*-1;;;;. The van der Waals surface area contributed by atoms with Crippen LogP contribution in [0.3, 0.4) is 0 Å². The summed E-state index contributed by atoms with van der Waals surface area (Å²) in [5.41, 5.74) is 10.3. The molecule has 5 aliphatic carbocycles. The van der Waals surface area contributed by atoms with Crippen LogP contribution < -0.4 is 0 Å². The summed E-state index contributed by atoms with van der Waals surface area (Å²) in [6, 6.07) is 9.16. The molecule has 0 saturated heterocycles. The van der Waals surface area contributed by atoms with Crippen LogP contribution in [-0.4, -0.2) is 6.88 Å². The molecule has 0 spiro atoms. The second-order valence-electron chi connectivity index (χ2n) is 14.5. The van der Waals surface area contributed by atoms with E-state index < -0.39 is 0 Å². The first-order valence-electron chi connectivity index (χ1n) is 16.9. The summed E-state index contributed by atoms with van der Waals surface area (Å²) in [4.78, 5) is 0. The SMILES string of the molecule is C[C-]1C2=C3Cc4ccccc4C3=C3C=CCCC3C2(C)C(C)(C)C(C)(C)C1(C)C.Cl.Cl.[C-]1=CC=CC1.[CH2-]CCC.[CH2-]CCC.[Si]=[Zr]. The van der Waals surface area contributed by atoms with Gasteiger partial charge in [-0.2, -0.15) is 30.1 Å². The minimum atomic E-state index is 0. The van der Waals surface area contributed by atoms with E-state index in [9.17, 15) is 0 Å². The normalized spacial score (nSPS) is 24.2. The predicted octanol–water partition coefficient (Wildman–Crippen LogP) is 13.0. The third-order valence-corrected chi connectivity index (χ3v) is 12.1. The van der Waals surface area contributed by atoms with Gasteiger partial charge in [0.2, 0.25) is 0 Å². The number of hydrogen-bond acceptors (Lipinski definition) is 0. The van der Waals surface area contributed by atoms with Crippen molar-refractivity contribution in [2.45, 2.75) is 121 Å². The molecule has 4 heteroatoms. The Morgan fingerprint density at radius 1 is 0.913 bits per heavy atom. The summed E-state index contributed by atoms with van der Waals surface area (Å²) in [5, 5.41) is 0. The molecule has 2 radical (unpaired) electrons. The van der Waals surface area contributed by atoms with Gasteiger partial charge in [0, 0.05) is 0 Å². The van der Waals surface area contributed by atoms with Crippen LogP contribution in [0.25, 0.3) is 5.57 Å².